The fourth-order valence-corrected chi connectivity index (χ4v) is 2.04. The van der Waals surface area contributed by atoms with Crippen LogP contribution in [0.5, 0.6) is 0 Å². The number of carbonyl (C=O) groups is 1. The summed E-state index contributed by atoms with van der Waals surface area (Å²) in [5.41, 5.74) is 7.16. The summed E-state index contributed by atoms with van der Waals surface area (Å²) in [6.45, 7) is 1.82. The molecule has 0 aliphatic rings. The van der Waals surface area contributed by atoms with E-state index in [1.165, 1.54) is 11.7 Å². The highest BCUT2D eigenvalue weighted by Crippen LogP contribution is 2.20. The van der Waals surface area contributed by atoms with E-state index in [0.29, 0.717) is 23.1 Å². The molecule has 1 atom stereocenters. The van der Waals surface area contributed by atoms with Crippen LogP contribution in [-0.4, -0.2) is 22.6 Å². The minimum absolute atomic E-state index is 0.340. The Morgan fingerprint density at radius 3 is 2.89 bits per heavy atom. The largest absolute Gasteiger partial charge is 0.467 e. The van der Waals surface area contributed by atoms with Crippen molar-refractivity contribution in [1.82, 2.24) is 9.55 Å². The van der Waals surface area contributed by atoms with E-state index in [1.54, 1.807) is 18.2 Å². The molecule has 1 heterocycles. The Hall–Kier alpha value is -2.24. The number of rotatable bonds is 3. The molecule has 0 fully saturated rings. The molecule has 0 saturated heterocycles. The molecule has 2 rings (SSSR count). The predicted molar refractivity (Wildman–Crippen MR) is 68.3 cm³/mol. The van der Waals surface area contributed by atoms with Crippen molar-refractivity contribution in [2.45, 2.75) is 19.4 Å². The highest BCUT2D eigenvalue weighted by Gasteiger charge is 2.23. The molecule has 0 saturated carbocycles. The lowest BCUT2D eigenvalue weighted by atomic mass is 10.2. The summed E-state index contributed by atoms with van der Waals surface area (Å²) >= 11 is 0. The number of nitrogens with zero attached hydrogens (tertiary/aromatic N) is 1. The molecule has 0 spiro atoms. The Labute approximate surface area is 103 Å². The van der Waals surface area contributed by atoms with Crippen molar-refractivity contribution in [3.05, 3.63) is 28.7 Å². The first kappa shape index (κ1) is 12.2. The van der Waals surface area contributed by atoms with Crippen LogP contribution in [-0.2, 0) is 9.53 Å². The number of imidazole rings is 1. The van der Waals surface area contributed by atoms with Gasteiger partial charge < -0.3 is 15.5 Å². The van der Waals surface area contributed by atoms with E-state index in [4.69, 9.17) is 10.5 Å². The minimum atomic E-state index is -0.641. The Bertz CT molecular complexity index is 642. The Morgan fingerprint density at radius 2 is 2.28 bits per heavy atom. The third-order valence-electron chi connectivity index (χ3n) is 2.91. The van der Waals surface area contributed by atoms with Gasteiger partial charge in [0, 0.05) is 5.69 Å². The number of hydrogen-bond donors (Lipinski definition) is 2. The lowest BCUT2D eigenvalue weighted by molar-refractivity contribution is -0.144. The average Bonchev–Trinajstić information content (AvgIpc) is 2.67. The summed E-state index contributed by atoms with van der Waals surface area (Å²) < 4.78 is 6.10. The van der Waals surface area contributed by atoms with Crippen LogP contribution in [0.4, 0.5) is 5.69 Å². The van der Waals surface area contributed by atoms with Crippen molar-refractivity contribution in [3.8, 4) is 0 Å². The molecule has 0 radical (unpaired) electrons. The number of fused-ring (bicyclic) bond motifs is 1. The number of nitrogens with two attached hydrogens (primary N) is 1. The van der Waals surface area contributed by atoms with E-state index >= 15 is 0 Å². The van der Waals surface area contributed by atoms with Crippen LogP contribution in [0.1, 0.15) is 19.4 Å². The monoisotopic (exact) mass is 249 g/mol. The summed E-state index contributed by atoms with van der Waals surface area (Å²) in [5, 5.41) is 0. The van der Waals surface area contributed by atoms with Gasteiger partial charge in [-0.15, -0.1) is 0 Å². The van der Waals surface area contributed by atoms with Gasteiger partial charge in [-0.1, -0.05) is 6.92 Å². The van der Waals surface area contributed by atoms with Gasteiger partial charge in [0.15, 0.2) is 0 Å². The third kappa shape index (κ3) is 1.85. The Morgan fingerprint density at radius 1 is 1.56 bits per heavy atom. The molecule has 18 heavy (non-hydrogen) atoms. The highest BCUT2D eigenvalue weighted by atomic mass is 16.5. The van der Waals surface area contributed by atoms with Gasteiger partial charge in [0.1, 0.15) is 6.04 Å². The number of H-pyrrole nitrogens is 1. The number of nitrogen functional groups attached to an aromatic ring is 1. The van der Waals surface area contributed by atoms with Gasteiger partial charge in [0.25, 0.3) is 0 Å². The maximum Gasteiger partial charge on any atom is 0.329 e. The molecule has 6 nitrogen and oxygen atoms in total. The maximum atomic E-state index is 11.9. The second-order valence-corrected chi connectivity index (χ2v) is 4.02. The average molecular weight is 249 g/mol. The van der Waals surface area contributed by atoms with Crippen molar-refractivity contribution in [3.63, 3.8) is 0 Å². The van der Waals surface area contributed by atoms with E-state index in [2.05, 4.69) is 4.98 Å². The fraction of sp³-hybridized carbons (Fsp3) is 0.333. The summed E-state index contributed by atoms with van der Waals surface area (Å²) in [5.74, 6) is -0.442. The number of ether oxygens (including phenoxy) is 1. The van der Waals surface area contributed by atoms with Gasteiger partial charge in [0.05, 0.1) is 18.1 Å². The van der Waals surface area contributed by atoms with Crippen LogP contribution >= 0.6 is 0 Å². The minimum Gasteiger partial charge on any atom is -0.467 e. The zero-order valence-corrected chi connectivity index (χ0v) is 10.3. The standard InChI is InChI=1S/C12H15N3O3/c1-3-9(11(16)18-2)15-10-6-7(13)4-5-8(10)14-12(15)17/h4-6,9H,3,13H2,1-2H3,(H,14,17). The van der Waals surface area contributed by atoms with Crippen LogP contribution < -0.4 is 11.4 Å². The van der Waals surface area contributed by atoms with Gasteiger partial charge >= 0.3 is 11.7 Å². The molecular weight excluding hydrogens is 234 g/mol. The SMILES string of the molecule is CCC(C(=O)OC)n1c(=O)[nH]c2ccc(N)cc21. The molecule has 96 valence electrons. The molecule has 3 N–H and O–H groups in total. The number of benzene rings is 1. The summed E-state index contributed by atoms with van der Waals surface area (Å²) in [6.07, 6.45) is 0.467. The Balaban J connectivity index is 2.68. The number of carbonyl (C=O) groups excluding carboxylic acids is 1. The lowest BCUT2D eigenvalue weighted by Gasteiger charge is -2.14. The van der Waals surface area contributed by atoms with E-state index in [0.717, 1.165) is 0 Å². The van der Waals surface area contributed by atoms with Gasteiger partial charge in [-0.05, 0) is 24.6 Å². The topological polar surface area (TPSA) is 90.1 Å². The van der Waals surface area contributed by atoms with Gasteiger partial charge in [-0.3, -0.25) is 4.57 Å². The zero-order valence-electron chi connectivity index (χ0n) is 10.3. The second-order valence-electron chi connectivity index (χ2n) is 4.02. The van der Waals surface area contributed by atoms with Crippen molar-refractivity contribution in [2.24, 2.45) is 0 Å². The molecule has 1 aromatic carbocycles. The second kappa shape index (κ2) is 4.56. The van der Waals surface area contributed by atoms with Crippen molar-refractivity contribution in [1.29, 1.82) is 0 Å². The number of methoxy groups -OCH3 is 1. The van der Waals surface area contributed by atoms with Crippen LogP contribution in [0.25, 0.3) is 11.0 Å². The zero-order chi connectivity index (χ0) is 13.3. The first-order valence-electron chi connectivity index (χ1n) is 5.66. The quantitative estimate of drug-likeness (QED) is 0.628. The fourth-order valence-electron chi connectivity index (χ4n) is 2.04. The number of esters is 1. The first-order chi connectivity index (χ1) is 8.58. The van der Waals surface area contributed by atoms with Crippen LogP contribution in [0.15, 0.2) is 23.0 Å². The third-order valence-corrected chi connectivity index (χ3v) is 2.91. The van der Waals surface area contributed by atoms with Gasteiger partial charge in [-0.2, -0.15) is 0 Å². The number of anilines is 1. The summed E-state index contributed by atoms with van der Waals surface area (Å²) in [7, 11) is 1.30. The molecule has 0 aliphatic carbocycles. The highest BCUT2D eigenvalue weighted by molar-refractivity contribution is 5.82. The maximum absolute atomic E-state index is 11.9. The molecule has 1 unspecified atom stereocenters. The van der Waals surface area contributed by atoms with Crippen LogP contribution in [0, 0.1) is 0 Å². The van der Waals surface area contributed by atoms with Gasteiger partial charge in [0.2, 0.25) is 0 Å². The number of nitrogens with one attached hydrogen (secondary N) is 1. The molecule has 1 aromatic heterocycles. The smallest absolute Gasteiger partial charge is 0.329 e. The molecule has 2 aromatic rings. The van der Waals surface area contributed by atoms with E-state index < -0.39 is 12.0 Å². The van der Waals surface area contributed by atoms with Gasteiger partial charge in [-0.25, -0.2) is 9.59 Å². The number of aromatic nitrogens is 2. The Kier molecular flexibility index (Phi) is 3.10. The molecular formula is C12H15N3O3. The van der Waals surface area contributed by atoms with E-state index in [9.17, 15) is 9.59 Å². The van der Waals surface area contributed by atoms with E-state index in [-0.39, 0.29) is 5.69 Å². The molecule has 0 amide bonds. The lowest BCUT2D eigenvalue weighted by Crippen LogP contribution is -2.28. The molecule has 0 bridgehead atoms. The predicted octanol–water partition coefficient (Wildman–Crippen LogP) is 1.04. The number of aromatic amines is 1. The van der Waals surface area contributed by atoms with E-state index in [1.807, 2.05) is 6.92 Å². The van der Waals surface area contributed by atoms with Crippen molar-refractivity contribution >= 4 is 22.7 Å². The summed E-state index contributed by atoms with van der Waals surface area (Å²) in [4.78, 5) is 26.3. The first-order valence-corrected chi connectivity index (χ1v) is 5.66. The van der Waals surface area contributed by atoms with Crippen molar-refractivity contribution in [2.75, 3.05) is 12.8 Å². The summed E-state index contributed by atoms with van der Waals surface area (Å²) in [6, 6.07) is 4.44. The van der Waals surface area contributed by atoms with Crippen LogP contribution in [0.3, 0.4) is 0 Å². The molecule has 6 heteroatoms. The molecule has 0 aliphatic heterocycles. The van der Waals surface area contributed by atoms with Crippen molar-refractivity contribution < 1.29 is 9.53 Å². The number of hydrogen-bond acceptors (Lipinski definition) is 4. The normalized spacial score (nSPS) is 12.6. The van der Waals surface area contributed by atoms with Crippen LogP contribution in [0.2, 0.25) is 0 Å².